The van der Waals surface area contributed by atoms with Crippen LogP contribution >= 0.6 is 0 Å². The molecule has 0 aliphatic heterocycles. The van der Waals surface area contributed by atoms with Gasteiger partial charge >= 0.3 is 0 Å². The standard InChI is InChI=1S/C28H21FN4O4S/c1-38(35,36)33-22-7-5-18(6-8-22)27-17-30-25-14-13-24(16-26(25)32-27)37-23-11-9-21(10-12-23)31-28(34)19-3-2-4-20(29)15-19/h2-17,33H,1H3,(H,31,34). The van der Waals surface area contributed by atoms with Crippen molar-refractivity contribution in [3.63, 3.8) is 0 Å². The molecule has 0 bridgehead atoms. The first-order chi connectivity index (χ1) is 18.2. The van der Waals surface area contributed by atoms with Crippen LogP contribution in [-0.4, -0.2) is 30.5 Å². The van der Waals surface area contributed by atoms with E-state index < -0.39 is 21.7 Å². The summed E-state index contributed by atoms with van der Waals surface area (Å²) in [5, 5.41) is 2.72. The first-order valence-electron chi connectivity index (χ1n) is 11.4. The predicted molar refractivity (Wildman–Crippen MR) is 144 cm³/mol. The van der Waals surface area contributed by atoms with Crippen molar-refractivity contribution in [3.8, 4) is 22.8 Å². The van der Waals surface area contributed by atoms with Crippen LogP contribution in [0.25, 0.3) is 22.3 Å². The third-order valence-corrected chi connectivity index (χ3v) is 6.04. The fourth-order valence-electron chi connectivity index (χ4n) is 3.69. The first kappa shape index (κ1) is 24.8. The summed E-state index contributed by atoms with van der Waals surface area (Å²) < 4.78 is 44.6. The van der Waals surface area contributed by atoms with Gasteiger partial charge in [0, 0.05) is 28.6 Å². The Labute approximate surface area is 218 Å². The van der Waals surface area contributed by atoms with Crippen LogP contribution in [-0.2, 0) is 10.0 Å². The molecule has 0 unspecified atom stereocenters. The summed E-state index contributed by atoms with van der Waals surface area (Å²) in [7, 11) is -3.36. The number of carbonyl (C=O) groups is 1. The molecule has 8 nitrogen and oxygen atoms in total. The van der Waals surface area contributed by atoms with Gasteiger partial charge in [0.25, 0.3) is 5.91 Å². The molecule has 10 heteroatoms. The number of nitrogens with zero attached hydrogens (tertiary/aromatic N) is 2. The highest BCUT2D eigenvalue weighted by atomic mass is 32.2. The molecule has 0 radical (unpaired) electrons. The van der Waals surface area contributed by atoms with E-state index in [-0.39, 0.29) is 5.56 Å². The van der Waals surface area contributed by atoms with E-state index in [0.717, 1.165) is 11.8 Å². The van der Waals surface area contributed by atoms with Crippen LogP contribution in [0, 0.1) is 5.82 Å². The molecule has 0 aliphatic rings. The molecular weight excluding hydrogens is 507 g/mol. The number of nitrogens with one attached hydrogen (secondary N) is 2. The molecule has 1 heterocycles. The molecule has 0 fully saturated rings. The lowest BCUT2D eigenvalue weighted by atomic mass is 10.1. The summed E-state index contributed by atoms with van der Waals surface area (Å²) >= 11 is 0. The highest BCUT2D eigenvalue weighted by Crippen LogP contribution is 2.27. The molecule has 0 spiro atoms. The zero-order valence-corrected chi connectivity index (χ0v) is 20.9. The molecule has 4 aromatic carbocycles. The average Bonchev–Trinajstić information content (AvgIpc) is 2.89. The van der Waals surface area contributed by atoms with Crippen molar-refractivity contribution < 1.29 is 22.3 Å². The maximum absolute atomic E-state index is 13.4. The van der Waals surface area contributed by atoms with Crippen LogP contribution in [0.3, 0.4) is 0 Å². The van der Waals surface area contributed by atoms with Crippen molar-refractivity contribution in [2.45, 2.75) is 0 Å². The predicted octanol–water partition coefficient (Wildman–Crippen LogP) is 5.85. The first-order valence-corrected chi connectivity index (χ1v) is 13.3. The fourth-order valence-corrected chi connectivity index (χ4v) is 4.26. The van der Waals surface area contributed by atoms with E-state index in [1.165, 1.54) is 24.3 Å². The van der Waals surface area contributed by atoms with Gasteiger partial charge in [0.05, 0.1) is 29.2 Å². The maximum Gasteiger partial charge on any atom is 0.255 e. The second-order valence-corrected chi connectivity index (χ2v) is 10.2. The number of rotatable bonds is 7. The van der Waals surface area contributed by atoms with Gasteiger partial charge in [-0.1, -0.05) is 18.2 Å². The fraction of sp³-hybridized carbons (Fsp3) is 0.0357. The number of amides is 1. The molecule has 2 N–H and O–H groups in total. The Morgan fingerprint density at radius 1 is 0.842 bits per heavy atom. The molecule has 190 valence electrons. The summed E-state index contributed by atoms with van der Waals surface area (Å²) in [6.45, 7) is 0. The zero-order valence-electron chi connectivity index (χ0n) is 20.1. The van der Waals surface area contributed by atoms with E-state index in [1.54, 1.807) is 72.9 Å². The lowest BCUT2D eigenvalue weighted by molar-refractivity contribution is 0.102. The van der Waals surface area contributed by atoms with Crippen LogP contribution in [0.4, 0.5) is 15.8 Å². The second kappa shape index (κ2) is 10.3. The van der Waals surface area contributed by atoms with Crippen molar-refractivity contribution in [1.29, 1.82) is 0 Å². The molecule has 0 saturated heterocycles. The Kier molecular flexibility index (Phi) is 6.71. The number of hydrogen-bond acceptors (Lipinski definition) is 6. The minimum atomic E-state index is -3.36. The lowest BCUT2D eigenvalue weighted by Gasteiger charge is -2.09. The van der Waals surface area contributed by atoms with Gasteiger partial charge in [-0.15, -0.1) is 0 Å². The van der Waals surface area contributed by atoms with Crippen LogP contribution < -0.4 is 14.8 Å². The lowest BCUT2D eigenvalue weighted by Crippen LogP contribution is -2.11. The number of ether oxygens (including phenoxy) is 1. The van der Waals surface area contributed by atoms with E-state index in [4.69, 9.17) is 4.74 Å². The molecule has 5 rings (SSSR count). The average molecular weight is 529 g/mol. The number of benzene rings is 4. The minimum absolute atomic E-state index is 0.225. The molecular formula is C28H21FN4O4S. The monoisotopic (exact) mass is 528 g/mol. The number of hydrogen-bond donors (Lipinski definition) is 2. The smallest absolute Gasteiger partial charge is 0.255 e. The van der Waals surface area contributed by atoms with Crippen molar-refractivity contribution in [3.05, 3.63) is 109 Å². The Bertz CT molecular complexity index is 1740. The quantitative estimate of drug-likeness (QED) is 0.274. The van der Waals surface area contributed by atoms with Crippen molar-refractivity contribution in [1.82, 2.24) is 9.97 Å². The molecule has 5 aromatic rings. The van der Waals surface area contributed by atoms with Crippen LogP contribution in [0.5, 0.6) is 11.5 Å². The summed E-state index contributed by atoms with van der Waals surface area (Å²) in [5.41, 5.74) is 3.94. The summed E-state index contributed by atoms with van der Waals surface area (Å²) in [5.74, 6) is 0.205. The van der Waals surface area contributed by atoms with E-state index in [2.05, 4.69) is 20.0 Å². The van der Waals surface area contributed by atoms with Gasteiger partial charge in [-0.05, 0) is 66.7 Å². The third-order valence-electron chi connectivity index (χ3n) is 5.43. The van der Waals surface area contributed by atoms with Gasteiger partial charge in [0.1, 0.15) is 17.3 Å². The highest BCUT2D eigenvalue weighted by Gasteiger charge is 2.09. The number of fused-ring (bicyclic) bond motifs is 1. The van der Waals surface area contributed by atoms with Gasteiger partial charge in [-0.25, -0.2) is 17.8 Å². The zero-order chi connectivity index (χ0) is 26.7. The van der Waals surface area contributed by atoms with Crippen molar-refractivity contribution >= 4 is 38.3 Å². The normalized spacial score (nSPS) is 11.2. The van der Waals surface area contributed by atoms with E-state index in [1.807, 2.05) is 0 Å². The van der Waals surface area contributed by atoms with Crippen molar-refractivity contribution in [2.24, 2.45) is 0 Å². The number of aromatic nitrogens is 2. The topological polar surface area (TPSA) is 110 Å². The van der Waals surface area contributed by atoms with Gasteiger partial charge in [0.15, 0.2) is 0 Å². The molecule has 1 amide bonds. The number of carbonyl (C=O) groups excluding carboxylic acids is 1. The number of anilines is 2. The van der Waals surface area contributed by atoms with Gasteiger partial charge in [-0.3, -0.25) is 14.5 Å². The van der Waals surface area contributed by atoms with Crippen molar-refractivity contribution in [2.75, 3.05) is 16.3 Å². The minimum Gasteiger partial charge on any atom is -0.457 e. The van der Waals surface area contributed by atoms with E-state index in [9.17, 15) is 17.6 Å². The van der Waals surface area contributed by atoms with Gasteiger partial charge in [0.2, 0.25) is 10.0 Å². The number of sulfonamides is 1. The third kappa shape index (κ3) is 6.11. The highest BCUT2D eigenvalue weighted by molar-refractivity contribution is 7.92. The van der Waals surface area contributed by atoms with Crippen LogP contribution in [0.2, 0.25) is 0 Å². The van der Waals surface area contributed by atoms with Crippen LogP contribution in [0.15, 0.2) is 97.2 Å². The van der Waals surface area contributed by atoms with Gasteiger partial charge < -0.3 is 10.1 Å². The Balaban J connectivity index is 1.29. The molecule has 1 aromatic heterocycles. The Morgan fingerprint density at radius 3 is 2.26 bits per heavy atom. The number of halogens is 1. The maximum atomic E-state index is 13.4. The van der Waals surface area contributed by atoms with E-state index >= 15 is 0 Å². The SMILES string of the molecule is CS(=O)(=O)Nc1ccc(-c2cnc3ccc(Oc4ccc(NC(=O)c5cccc(F)c5)cc4)cc3n2)cc1. The molecule has 38 heavy (non-hydrogen) atoms. The summed E-state index contributed by atoms with van der Waals surface area (Å²) in [4.78, 5) is 21.5. The Hall–Kier alpha value is -4.83. The summed E-state index contributed by atoms with van der Waals surface area (Å²) in [6, 6.07) is 24.5. The second-order valence-electron chi connectivity index (χ2n) is 8.45. The Morgan fingerprint density at radius 2 is 1.55 bits per heavy atom. The summed E-state index contributed by atoms with van der Waals surface area (Å²) in [6.07, 6.45) is 2.75. The molecule has 0 atom stereocenters. The molecule has 0 saturated carbocycles. The van der Waals surface area contributed by atoms with Gasteiger partial charge in [-0.2, -0.15) is 0 Å². The van der Waals surface area contributed by atoms with Crippen LogP contribution in [0.1, 0.15) is 10.4 Å². The largest absolute Gasteiger partial charge is 0.457 e. The van der Waals surface area contributed by atoms with E-state index in [0.29, 0.717) is 39.6 Å². The molecule has 0 aliphatic carbocycles.